The summed E-state index contributed by atoms with van der Waals surface area (Å²) in [5.74, 6) is -3.09. The fourth-order valence-corrected chi connectivity index (χ4v) is 2.44. The number of hydrogen-bond donors (Lipinski definition) is 2. The molecule has 7 nitrogen and oxygen atoms in total. The lowest BCUT2D eigenvalue weighted by Crippen LogP contribution is -2.27. The summed E-state index contributed by atoms with van der Waals surface area (Å²) in [5.41, 5.74) is -0.361. The van der Waals surface area contributed by atoms with Crippen molar-refractivity contribution in [2.45, 2.75) is 11.3 Å². The molecule has 0 amide bonds. The highest BCUT2D eigenvalue weighted by Gasteiger charge is 2.21. The van der Waals surface area contributed by atoms with Gasteiger partial charge in [-0.3, -0.25) is 4.79 Å². The van der Waals surface area contributed by atoms with Crippen LogP contribution in [0.1, 0.15) is 16.8 Å². The topological polar surface area (TPSA) is 110 Å². The van der Waals surface area contributed by atoms with Gasteiger partial charge < -0.3 is 9.84 Å². The number of carbonyl (C=O) groups excluding carboxylic acids is 1. The van der Waals surface area contributed by atoms with E-state index in [9.17, 15) is 22.4 Å². The van der Waals surface area contributed by atoms with E-state index >= 15 is 0 Å². The molecule has 20 heavy (non-hydrogen) atoms. The van der Waals surface area contributed by atoms with E-state index in [2.05, 4.69) is 4.74 Å². The highest BCUT2D eigenvalue weighted by molar-refractivity contribution is 7.89. The number of carboxylic acid groups (broad SMARTS) is 1. The number of halogens is 1. The second-order valence-corrected chi connectivity index (χ2v) is 5.41. The molecule has 0 radical (unpaired) electrons. The maximum atomic E-state index is 13.5. The second kappa shape index (κ2) is 6.44. The van der Waals surface area contributed by atoms with Gasteiger partial charge in [-0.05, 0) is 18.2 Å². The number of benzene rings is 1. The third kappa shape index (κ3) is 4.00. The van der Waals surface area contributed by atoms with Crippen LogP contribution in [0.5, 0.6) is 0 Å². The third-order valence-electron chi connectivity index (χ3n) is 2.32. The van der Waals surface area contributed by atoms with Crippen molar-refractivity contribution >= 4 is 22.0 Å². The van der Waals surface area contributed by atoms with E-state index in [0.29, 0.717) is 6.07 Å². The summed E-state index contributed by atoms with van der Waals surface area (Å²) in [6.07, 6.45) is -0.226. The Morgan fingerprint density at radius 1 is 1.40 bits per heavy atom. The molecule has 0 atom stereocenters. The minimum absolute atomic E-state index is 0.226. The van der Waals surface area contributed by atoms with E-state index < -0.39 is 32.7 Å². The number of nitrogens with one attached hydrogen (secondary N) is 1. The van der Waals surface area contributed by atoms with Crippen LogP contribution in [0.25, 0.3) is 0 Å². The van der Waals surface area contributed by atoms with Crippen LogP contribution in [0, 0.1) is 5.82 Å². The van der Waals surface area contributed by atoms with Crippen LogP contribution in [0.4, 0.5) is 4.39 Å². The van der Waals surface area contributed by atoms with Crippen molar-refractivity contribution in [2.75, 3.05) is 13.7 Å². The van der Waals surface area contributed by atoms with Crippen molar-refractivity contribution in [3.05, 3.63) is 29.6 Å². The molecule has 0 saturated heterocycles. The smallest absolute Gasteiger partial charge is 0.335 e. The van der Waals surface area contributed by atoms with Gasteiger partial charge in [0.15, 0.2) is 0 Å². The molecule has 9 heteroatoms. The Hall–Kier alpha value is -2.00. The first kappa shape index (κ1) is 16.1. The summed E-state index contributed by atoms with van der Waals surface area (Å²) < 4.78 is 43.4. The number of carbonyl (C=O) groups is 2. The Morgan fingerprint density at radius 3 is 2.60 bits per heavy atom. The molecule has 0 aliphatic carbocycles. The first-order chi connectivity index (χ1) is 9.27. The molecule has 0 aliphatic rings. The summed E-state index contributed by atoms with van der Waals surface area (Å²) in [7, 11) is -3.10. The molecular weight excluding hydrogens is 293 g/mol. The number of carboxylic acids is 1. The summed E-state index contributed by atoms with van der Waals surface area (Å²) in [5, 5.41) is 8.75. The van der Waals surface area contributed by atoms with Gasteiger partial charge in [0.05, 0.1) is 19.1 Å². The number of aromatic carboxylic acids is 1. The van der Waals surface area contributed by atoms with Gasteiger partial charge in [-0.1, -0.05) is 0 Å². The van der Waals surface area contributed by atoms with Crippen molar-refractivity contribution in [2.24, 2.45) is 0 Å². The van der Waals surface area contributed by atoms with Crippen molar-refractivity contribution in [3.8, 4) is 0 Å². The first-order valence-electron chi connectivity index (χ1n) is 5.37. The second-order valence-electron chi connectivity index (χ2n) is 3.67. The Balaban J connectivity index is 2.94. The Morgan fingerprint density at radius 2 is 2.05 bits per heavy atom. The Labute approximate surface area is 114 Å². The van der Waals surface area contributed by atoms with Gasteiger partial charge in [0.25, 0.3) is 0 Å². The predicted molar refractivity (Wildman–Crippen MR) is 65.2 cm³/mol. The standard InChI is InChI=1S/C11H12FNO6S/c1-19-10(14)4-5-13-20(17,18)9-6-7(11(15)16)2-3-8(9)12/h2-3,6,13H,4-5H2,1H3,(H,15,16). The van der Waals surface area contributed by atoms with Crippen LogP contribution >= 0.6 is 0 Å². The lowest BCUT2D eigenvalue weighted by atomic mass is 10.2. The van der Waals surface area contributed by atoms with Crippen molar-refractivity contribution in [1.29, 1.82) is 0 Å². The van der Waals surface area contributed by atoms with E-state index in [1.54, 1.807) is 0 Å². The van der Waals surface area contributed by atoms with Gasteiger partial charge in [0, 0.05) is 6.54 Å². The summed E-state index contributed by atoms with van der Waals surface area (Å²) in [4.78, 5) is 20.8. The van der Waals surface area contributed by atoms with Gasteiger partial charge in [-0.25, -0.2) is 22.3 Å². The number of sulfonamides is 1. The summed E-state index contributed by atoms with van der Waals surface area (Å²) in [6, 6.07) is 2.40. The average Bonchev–Trinajstić information content (AvgIpc) is 2.38. The minimum atomic E-state index is -4.25. The SMILES string of the molecule is COC(=O)CCNS(=O)(=O)c1cc(C(=O)O)ccc1F. The zero-order valence-corrected chi connectivity index (χ0v) is 11.2. The van der Waals surface area contributed by atoms with E-state index in [4.69, 9.17) is 5.11 Å². The monoisotopic (exact) mass is 305 g/mol. The molecule has 1 rings (SSSR count). The Bertz CT molecular complexity index is 628. The number of ether oxygens (including phenoxy) is 1. The molecule has 2 N–H and O–H groups in total. The van der Waals surface area contributed by atoms with Gasteiger partial charge in [-0.15, -0.1) is 0 Å². The van der Waals surface area contributed by atoms with Crippen molar-refractivity contribution in [3.63, 3.8) is 0 Å². The molecule has 1 aromatic carbocycles. The van der Waals surface area contributed by atoms with Crippen molar-refractivity contribution < 1.29 is 32.2 Å². The molecule has 0 unspecified atom stereocenters. The first-order valence-corrected chi connectivity index (χ1v) is 6.85. The quantitative estimate of drug-likeness (QED) is 0.735. The molecule has 1 aromatic rings. The maximum Gasteiger partial charge on any atom is 0.335 e. The zero-order chi connectivity index (χ0) is 15.3. The van der Waals surface area contributed by atoms with E-state index in [1.165, 1.54) is 0 Å². The molecule has 0 aliphatic heterocycles. The summed E-state index contributed by atoms with van der Waals surface area (Å²) in [6.45, 7) is -0.286. The normalized spacial score (nSPS) is 11.1. The van der Waals surface area contributed by atoms with Crippen LogP contribution in [0.2, 0.25) is 0 Å². The zero-order valence-electron chi connectivity index (χ0n) is 10.4. The molecule has 0 bridgehead atoms. The predicted octanol–water partition coefficient (Wildman–Crippen LogP) is 0.365. The highest BCUT2D eigenvalue weighted by Crippen LogP contribution is 2.16. The molecule has 0 spiro atoms. The van der Waals surface area contributed by atoms with Gasteiger partial charge in [0.2, 0.25) is 10.0 Å². The third-order valence-corrected chi connectivity index (χ3v) is 3.79. The molecular formula is C11H12FNO6S. The maximum absolute atomic E-state index is 13.5. The molecule has 110 valence electrons. The van der Waals surface area contributed by atoms with E-state index in [0.717, 1.165) is 19.2 Å². The molecule has 0 saturated carbocycles. The van der Waals surface area contributed by atoms with Gasteiger partial charge in [0.1, 0.15) is 10.7 Å². The fourth-order valence-electron chi connectivity index (χ4n) is 1.31. The number of methoxy groups -OCH3 is 1. The largest absolute Gasteiger partial charge is 0.478 e. The number of hydrogen-bond acceptors (Lipinski definition) is 5. The fraction of sp³-hybridized carbons (Fsp3) is 0.273. The molecule has 0 heterocycles. The summed E-state index contributed by atoms with van der Waals surface area (Å²) >= 11 is 0. The van der Waals surface area contributed by atoms with Crippen LogP contribution in [-0.4, -0.2) is 39.1 Å². The van der Waals surface area contributed by atoms with Crippen LogP contribution in [0.15, 0.2) is 23.1 Å². The lowest BCUT2D eigenvalue weighted by Gasteiger charge is -2.08. The van der Waals surface area contributed by atoms with Crippen LogP contribution in [0.3, 0.4) is 0 Å². The van der Waals surface area contributed by atoms with Crippen molar-refractivity contribution in [1.82, 2.24) is 4.72 Å². The van der Waals surface area contributed by atoms with Crippen LogP contribution in [-0.2, 0) is 19.6 Å². The van der Waals surface area contributed by atoms with E-state index in [1.807, 2.05) is 4.72 Å². The number of esters is 1. The molecule has 0 fully saturated rings. The minimum Gasteiger partial charge on any atom is -0.478 e. The average molecular weight is 305 g/mol. The highest BCUT2D eigenvalue weighted by atomic mass is 32.2. The lowest BCUT2D eigenvalue weighted by molar-refractivity contribution is -0.140. The van der Waals surface area contributed by atoms with Crippen LogP contribution < -0.4 is 4.72 Å². The Kier molecular flexibility index (Phi) is 5.17. The van der Waals surface area contributed by atoms with Gasteiger partial charge in [-0.2, -0.15) is 0 Å². The molecule has 0 aromatic heterocycles. The van der Waals surface area contributed by atoms with E-state index in [-0.39, 0.29) is 18.5 Å². The van der Waals surface area contributed by atoms with Gasteiger partial charge >= 0.3 is 11.9 Å². The number of rotatable bonds is 6.